The minimum Gasteiger partial charge on any atom is -0.479 e. The summed E-state index contributed by atoms with van der Waals surface area (Å²) in [5, 5.41) is 12.4. The highest BCUT2D eigenvalue weighted by Gasteiger charge is 2.17. The van der Waals surface area contributed by atoms with Crippen LogP contribution in [0, 0.1) is 0 Å². The Hall–Kier alpha value is -2.58. The first-order valence-corrected chi connectivity index (χ1v) is 10.7. The second-order valence-corrected chi connectivity index (χ2v) is 7.87. The van der Waals surface area contributed by atoms with E-state index in [1.54, 1.807) is 19.1 Å². The van der Waals surface area contributed by atoms with E-state index in [-0.39, 0.29) is 0 Å². The number of anilines is 1. The van der Waals surface area contributed by atoms with Crippen LogP contribution in [0.25, 0.3) is 0 Å². The number of carboxylic acids is 1. The molecule has 0 bridgehead atoms. The van der Waals surface area contributed by atoms with Crippen LogP contribution in [0.3, 0.4) is 0 Å². The van der Waals surface area contributed by atoms with E-state index in [1.165, 1.54) is 0 Å². The standard InChI is InChI=1S/C20H25NO6S/c1-3-26-19(20(22)23)14-16-4-8-17(9-5-16)21-13-12-15-6-10-18(11-7-15)27-28(2,24)25/h4-11,19,21H,3,12-14H2,1-2H3,(H,22,23)/t19-/m0/s1. The number of ether oxygens (including phenoxy) is 1. The third-order valence-corrected chi connectivity index (χ3v) is 4.43. The molecule has 8 heteroatoms. The summed E-state index contributed by atoms with van der Waals surface area (Å²) >= 11 is 0. The number of hydrogen-bond donors (Lipinski definition) is 2. The van der Waals surface area contributed by atoms with Gasteiger partial charge in [-0.15, -0.1) is 0 Å². The number of benzene rings is 2. The van der Waals surface area contributed by atoms with Gasteiger partial charge in [0.25, 0.3) is 0 Å². The Balaban J connectivity index is 1.82. The van der Waals surface area contributed by atoms with Crippen LogP contribution in [0.5, 0.6) is 5.75 Å². The highest BCUT2D eigenvalue weighted by molar-refractivity contribution is 7.86. The third kappa shape index (κ3) is 7.58. The first kappa shape index (κ1) is 21.7. The SMILES string of the molecule is CCO[C@@H](Cc1ccc(NCCc2ccc(OS(C)(=O)=O)cc2)cc1)C(=O)O. The molecular formula is C20H25NO6S. The van der Waals surface area contributed by atoms with Crippen LogP contribution in [0.2, 0.25) is 0 Å². The number of hydrogen-bond acceptors (Lipinski definition) is 6. The van der Waals surface area contributed by atoms with Crippen LogP contribution in [-0.2, 0) is 32.5 Å². The smallest absolute Gasteiger partial charge is 0.333 e. The van der Waals surface area contributed by atoms with Crippen molar-refractivity contribution in [3.63, 3.8) is 0 Å². The summed E-state index contributed by atoms with van der Waals surface area (Å²) in [4.78, 5) is 11.2. The summed E-state index contributed by atoms with van der Waals surface area (Å²) in [7, 11) is -3.52. The molecule has 0 fully saturated rings. The quantitative estimate of drug-likeness (QED) is 0.552. The molecule has 28 heavy (non-hydrogen) atoms. The van der Waals surface area contributed by atoms with Gasteiger partial charge in [0, 0.05) is 25.3 Å². The van der Waals surface area contributed by atoms with E-state index in [4.69, 9.17) is 14.0 Å². The third-order valence-electron chi connectivity index (χ3n) is 3.93. The van der Waals surface area contributed by atoms with E-state index in [0.717, 1.165) is 29.5 Å². The Labute approximate surface area is 165 Å². The van der Waals surface area contributed by atoms with E-state index >= 15 is 0 Å². The van der Waals surface area contributed by atoms with Crippen LogP contribution in [0.1, 0.15) is 18.1 Å². The molecule has 0 heterocycles. The Morgan fingerprint density at radius 3 is 2.21 bits per heavy atom. The molecule has 2 N–H and O–H groups in total. The first-order chi connectivity index (χ1) is 13.3. The molecule has 2 aromatic rings. The number of aliphatic carboxylic acids is 1. The molecule has 0 spiro atoms. The molecule has 7 nitrogen and oxygen atoms in total. The fourth-order valence-electron chi connectivity index (χ4n) is 2.63. The van der Waals surface area contributed by atoms with E-state index < -0.39 is 22.2 Å². The van der Waals surface area contributed by atoms with Gasteiger partial charge in [0.1, 0.15) is 5.75 Å². The fraction of sp³-hybridized carbons (Fsp3) is 0.350. The first-order valence-electron chi connectivity index (χ1n) is 8.92. The van der Waals surface area contributed by atoms with E-state index in [0.29, 0.717) is 25.3 Å². The summed E-state index contributed by atoms with van der Waals surface area (Å²) in [5.74, 6) is -0.668. The molecule has 152 valence electrons. The lowest BCUT2D eigenvalue weighted by Gasteiger charge is -2.13. The van der Waals surface area contributed by atoms with E-state index in [1.807, 2.05) is 36.4 Å². The number of rotatable bonds is 11. The van der Waals surface area contributed by atoms with Crippen molar-refractivity contribution in [3.05, 3.63) is 59.7 Å². The minimum absolute atomic E-state index is 0.293. The zero-order valence-electron chi connectivity index (χ0n) is 15.9. The Morgan fingerprint density at radius 1 is 1.07 bits per heavy atom. The molecule has 0 amide bonds. The molecule has 0 aromatic heterocycles. The van der Waals surface area contributed by atoms with Crippen molar-refractivity contribution in [2.24, 2.45) is 0 Å². The highest BCUT2D eigenvalue weighted by Crippen LogP contribution is 2.15. The van der Waals surface area contributed by atoms with Gasteiger partial charge < -0.3 is 19.3 Å². The van der Waals surface area contributed by atoms with Crippen LogP contribution in [-0.4, -0.2) is 45.0 Å². The lowest BCUT2D eigenvalue weighted by atomic mass is 10.1. The average Bonchev–Trinajstić information content (AvgIpc) is 2.63. The van der Waals surface area contributed by atoms with Crippen molar-refractivity contribution in [1.82, 2.24) is 0 Å². The van der Waals surface area contributed by atoms with E-state index in [9.17, 15) is 13.2 Å². The number of carbonyl (C=O) groups is 1. The maximum Gasteiger partial charge on any atom is 0.333 e. The van der Waals surface area contributed by atoms with Crippen LogP contribution in [0.15, 0.2) is 48.5 Å². The van der Waals surface area contributed by atoms with Gasteiger partial charge in [-0.25, -0.2) is 4.79 Å². The lowest BCUT2D eigenvalue weighted by Crippen LogP contribution is -2.26. The number of carboxylic acid groups (broad SMARTS) is 1. The molecule has 0 unspecified atom stereocenters. The number of nitrogens with one attached hydrogen (secondary N) is 1. The van der Waals surface area contributed by atoms with Crippen LogP contribution < -0.4 is 9.50 Å². The van der Waals surface area contributed by atoms with E-state index in [2.05, 4.69) is 5.32 Å². The van der Waals surface area contributed by atoms with Gasteiger partial charge in [-0.05, 0) is 48.7 Å². The maximum atomic E-state index is 11.2. The Morgan fingerprint density at radius 2 is 1.68 bits per heavy atom. The lowest BCUT2D eigenvalue weighted by molar-refractivity contribution is -0.149. The van der Waals surface area contributed by atoms with Crippen molar-refractivity contribution >= 4 is 21.8 Å². The molecule has 2 rings (SSSR count). The average molecular weight is 407 g/mol. The molecule has 1 atom stereocenters. The molecule has 0 aliphatic heterocycles. The zero-order valence-corrected chi connectivity index (χ0v) is 16.7. The van der Waals surface area contributed by atoms with Gasteiger partial charge in [-0.1, -0.05) is 24.3 Å². The molecule has 0 aliphatic carbocycles. The molecule has 2 aromatic carbocycles. The van der Waals surface area contributed by atoms with Gasteiger partial charge >= 0.3 is 16.1 Å². The van der Waals surface area contributed by atoms with Crippen molar-refractivity contribution in [3.8, 4) is 5.75 Å². The second kappa shape index (κ2) is 10.1. The van der Waals surface area contributed by atoms with Crippen molar-refractivity contribution < 1.29 is 27.2 Å². The largest absolute Gasteiger partial charge is 0.479 e. The van der Waals surface area contributed by atoms with Gasteiger partial charge in [0.2, 0.25) is 0 Å². The van der Waals surface area contributed by atoms with Gasteiger partial charge in [0.15, 0.2) is 6.10 Å². The molecule has 0 saturated heterocycles. The van der Waals surface area contributed by atoms with Crippen molar-refractivity contribution in [2.75, 3.05) is 24.7 Å². The highest BCUT2D eigenvalue weighted by atomic mass is 32.2. The Bertz CT molecular complexity index is 863. The van der Waals surface area contributed by atoms with Gasteiger partial charge in [-0.3, -0.25) is 0 Å². The predicted molar refractivity (Wildman–Crippen MR) is 107 cm³/mol. The summed E-state index contributed by atoms with van der Waals surface area (Å²) < 4.78 is 32.2. The fourth-order valence-corrected chi connectivity index (χ4v) is 3.09. The second-order valence-electron chi connectivity index (χ2n) is 6.29. The topological polar surface area (TPSA) is 102 Å². The minimum atomic E-state index is -3.52. The maximum absolute atomic E-state index is 11.2. The summed E-state index contributed by atoms with van der Waals surface area (Å²) in [5.41, 5.74) is 2.88. The van der Waals surface area contributed by atoms with Crippen LogP contribution in [0.4, 0.5) is 5.69 Å². The zero-order chi connectivity index (χ0) is 20.6. The summed E-state index contributed by atoms with van der Waals surface area (Å²) in [6.45, 7) is 2.83. The molecular weight excluding hydrogens is 382 g/mol. The predicted octanol–water partition coefficient (Wildman–Crippen LogP) is 2.71. The van der Waals surface area contributed by atoms with Gasteiger partial charge in [-0.2, -0.15) is 8.42 Å². The van der Waals surface area contributed by atoms with Gasteiger partial charge in [0.05, 0.1) is 6.26 Å². The molecule has 0 aliphatic rings. The van der Waals surface area contributed by atoms with Crippen LogP contribution >= 0.6 is 0 Å². The monoisotopic (exact) mass is 407 g/mol. The molecule has 0 radical (unpaired) electrons. The molecule has 0 saturated carbocycles. The summed E-state index contributed by atoms with van der Waals surface area (Å²) in [6, 6.07) is 14.5. The Kier molecular flexibility index (Phi) is 7.83. The van der Waals surface area contributed by atoms with Crippen molar-refractivity contribution in [2.45, 2.75) is 25.9 Å². The summed E-state index contributed by atoms with van der Waals surface area (Å²) in [6.07, 6.45) is 1.25. The van der Waals surface area contributed by atoms with Crippen molar-refractivity contribution in [1.29, 1.82) is 0 Å². The normalized spacial score (nSPS) is 12.4.